The van der Waals surface area contributed by atoms with Crippen LogP contribution in [0.25, 0.3) is 0 Å². The average Bonchev–Trinajstić information content (AvgIpc) is 2.66. The third-order valence-corrected chi connectivity index (χ3v) is 1.80. The second-order valence-corrected chi connectivity index (χ2v) is 4.58. The van der Waals surface area contributed by atoms with Crippen LogP contribution in [0, 0.1) is 0 Å². The van der Waals surface area contributed by atoms with Gasteiger partial charge in [-0.3, -0.25) is 4.79 Å². The summed E-state index contributed by atoms with van der Waals surface area (Å²) in [6.07, 6.45) is 4.55. The zero-order valence-electron chi connectivity index (χ0n) is 10.1. The molecule has 0 bridgehead atoms. The number of alkyl carbamates (subject to hydrolysis) is 1. The molecule has 0 aliphatic heterocycles. The SMILES string of the molecule is CC(C)(C)OC(=O)N[C@H]([C]=O)Cc1c[nH]cn1. The van der Waals surface area contributed by atoms with Crippen LogP contribution in [-0.2, 0) is 16.0 Å². The quantitative estimate of drug-likeness (QED) is 0.818. The third-order valence-electron chi connectivity index (χ3n) is 1.80. The van der Waals surface area contributed by atoms with E-state index in [4.69, 9.17) is 4.74 Å². The Labute approximate surface area is 99.8 Å². The molecule has 1 heterocycles. The van der Waals surface area contributed by atoms with Gasteiger partial charge in [-0.15, -0.1) is 0 Å². The lowest BCUT2D eigenvalue weighted by molar-refractivity contribution is 0.0517. The highest BCUT2D eigenvalue weighted by Crippen LogP contribution is 2.07. The van der Waals surface area contributed by atoms with Gasteiger partial charge in [-0.1, -0.05) is 0 Å². The van der Waals surface area contributed by atoms with Crippen molar-refractivity contribution in [3.63, 3.8) is 0 Å². The molecule has 1 aromatic heterocycles. The first-order valence-electron chi connectivity index (χ1n) is 5.25. The van der Waals surface area contributed by atoms with Gasteiger partial charge in [0.15, 0.2) is 0 Å². The maximum absolute atomic E-state index is 11.4. The van der Waals surface area contributed by atoms with Gasteiger partial charge < -0.3 is 15.0 Å². The summed E-state index contributed by atoms with van der Waals surface area (Å²) in [7, 11) is 0. The minimum Gasteiger partial charge on any atom is -0.444 e. The largest absolute Gasteiger partial charge is 0.444 e. The number of amides is 1. The number of H-pyrrole nitrogens is 1. The van der Waals surface area contributed by atoms with Gasteiger partial charge in [0, 0.05) is 12.6 Å². The molecule has 1 radical (unpaired) electrons. The highest BCUT2D eigenvalue weighted by Gasteiger charge is 2.20. The summed E-state index contributed by atoms with van der Waals surface area (Å²) in [6.45, 7) is 5.25. The zero-order chi connectivity index (χ0) is 12.9. The predicted molar refractivity (Wildman–Crippen MR) is 61.1 cm³/mol. The molecule has 0 spiro atoms. The molecule has 6 heteroatoms. The van der Waals surface area contributed by atoms with Crippen LogP contribution in [-0.4, -0.2) is 34.0 Å². The number of ether oxygens (including phenoxy) is 1. The maximum atomic E-state index is 11.4. The van der Waals surface area contributed by atoms with Crippen molar-refractivity contribution < 1.29 is 14.3 Å². The van der Waals surface area contributed by atoms with E-state index in [2.05, 4.69) is 15.3 Å². The van der Waals surface area contributed by atoms with Gasteiger partial charge in [0.05, 0.1) is 12.0 Å². The van der Waals surface area contributed by atoms with E-state index in [-0.39, 0.29) is 6.42 Å². The fraction of sp³-hybridized carbons (Fsp3) is 0.545. The Kier molecular flexibility index (Phi) is 4.25. The second-order valence-electron chi connectivity index (χ2n) is 4.58. The Morgan fingerprint density at radius 1 is 1.65 bits per heavy atom. The number of imidazole rings is 1. The Morgan fingerprint density at radius 2 is 2.35 bits per heavy atom. The molecule has 0 aliphatic rings. The zero-order valence-corrected chi connectivity index (χ0v) is 10.1. The van der Waals surface area contributed by atoms with Crippen molar-refractivity contribution >= 4 is 12.4 Å². The van der Waals surface area contributed by atoms with Gasteiger partial charge in [0.2, 0.25) is 6.29 Å². The third kappa shape index (κ3) is 5.14. The average molecular weight is 238 g/mol. The smallest absolute Gasteiger partial charge is 0.408 e. The van der Waals surface area contributed by atoms with E-state index >= 15 is 0 Å². The summed E-state index contributed by atoms with van der Waals surface area (Å²) >= 11 is 0. The molecular formula is C11H16N3O3. The monoisotopic (exact) mass is 238 g/mol. The van der Waals surface area contributed by atoms with Gasteiger partial charge in [0.1, 0.15) is 11.6 Å². The van der Waals surface area contributed by atoms with Crippen molar-refractivity contribution in [2.45, 2.75) is 38.8 Å². The number of nitrogens with zero attached hydrogens (tertiary/aromatic N) is 1. The van der Waals surface area contributed by atoms with Crippen LogP contribution in [0.15, 0.2) is 12.5 Å². The first-order valence-corrected chi connectivity index (χ1v) is 5.25. The number of hydrogen-bond acceptors (Lipinski definition) is 4. The van der Waals surface area contributed by atoms with E-state index < -0.39 is 17.7 Å². The van der Waals surface area contributed by atoms with Crippen molar-refractivity contribution in [1.82, 2.24) is 15.3 Å². The molecular weight excluding hydrogens is 222 g/mol. The minimum absolute atomic E-state index is 0.284. The molecule has 17 heavy (non-hydrogen) atoms. The van der Waals surface area contributed by atoms with E-state index in [0.717, 1.165) is 0 Å². The lowest BCUT2D eigenvalue weighted by Gasteiger charge is -2.21. The molecule has 0 saturated carbocycles. The molecule has 0 aliphatic carbocycles. The summed E-state index contributed by atoms with van der Waals surface area (Å²) in [5.74, 6) is 0. The van der Waals surface area contributed by atoms with E-state index in [0.29, 0.717) is 5.69 Å². The number of carbonyl (C=O) groups is 1. The van der Waals surface area contributed by atoms with Crippen molar-refractivity contribution in [3.8, 4) is 0 Å². The Bertz CT molecular complexity index is 368. The first kappa shape index (κ1) is 13.2. The minimum atomic E-state index is -0.756. The summed E-state index contributed by atoms with van der Waals surface area (Å²) in [5, 5.41) is 2.42. The molecule has 0 saturated heterocycles. The second kappa shape index (κ2) is 5.47. The number of hydrogen-bond donors (Lipinski definition) is 2. The Hall–Kier alpha value is -1.85. The van der Waals surface area contributed by atoms with Gasteiger partial charge in [-0.05, 0) is 20.8 Å². The topological polar surface area (TPSA) is 84.1 Å². The van der Waals surface area contributed by atoms with Crippen molar-refractivity contribution in [2.24, 2.45) is 0 Å². The molecule has 6 nitrogen and oxygen atoms in total. The molecule has 2 N–H and O–H groups in total. The predicted octanol–water partition coefficient (Wildman–Crippen LogP) is 0.955. The number of aromatic nitrogens is 2. The normalized spacial score (nSPS) is 12.9. The highest BCUT2D eigenvalue weighted by molar-refractivity contribution is 5.73. The fourth-order valence-corrected chi connectivity index (χ4v) is 1.18. The van der Waals surface area contributed by atoms with E-state index in [1.54, 1.807) is 33.3 Å². The molecule has 1 atom stereocenters. The molecule has 1 rings (SSSR count). The van der Waals surface area contributed by atoms with Crippen molar-refractivity contribution in [2.75, 3.05) is 0 Å². The Morgan fingerprint density at radius 3 is 2.82 bits per heavy atom. The van der Waals surface area contributed by atoms with Crippen LogP contribution in [0.3, 0.4) is 0 Å². The molecule has 0 fully saturated rings. The highest BCUT2D eigenvalue weighted by atomic mass is 16.6. The lowest BCUT2D eigenvalue weighted by Crippen LogP contribution is -2.41. The fourth-order valence-electron chi connectivity index (χ4n) is 1.18. The first-order chi connectivity index (χ1) is 7.90. The van der Waals surface area contributed by atoms with Crippen molar-refractivity contribution in [1.29, 1.82) is 0 Å². The van der Waals surface area contributed by atoms with Gasteiger partial charge in [-0.25, -0.2) is 9.78 Å². The summed E-state index contributed by atoms with van der Waals surface area (Å²) in [6, 6.07) is -0.756. The molecule has 93 valence electrons. The summed E-state index contributed by atoms with van der Waals surface area (Å²) in [4.78, 5) is 28.8. The van der Waals surface area contributed by atoms with Crippen molar-refractivity contribution in [3.05, 3.63) is 18.2 Å². The molecule has 0 aromatic carbocycles. The molecule has 1 amide bonds. The van der Waals surface area contributed by atoms with E-state index in [9.17, 15) is 9.59 Å². The van der Waals surface area contributed by atoms with Crippen LogP contribution in [0.4, 0.5) is 4.79 Å². The number of nitrogens with one attached hydrogen (secondary N) is 2. The standard InChI is InChI=1S/C11H16N3O3/c1-11(2,3)17-10(16)14-9(6-15)4-8-5-12-7-13-8/h5,7,9H,4H2,1-3H3,(H,12,13)(H,14,16)/t9-/m0/s1. The lowest BCUT2D eigenvalue weighted by atomic mass is 10.2. The Balaban J connectivity index is 2.47. The maximum Gasteiger partial charge on any atom is 0.408 e. The summed E-state index contributed by atoms with van der Waals surface area (Å²) < 4.78 is 5.03. The molecule has 1 aromatic rings. The van der Waals surface area contributed by atoms with Crippen LogP contribution < -0.4 is 5.32 Å². The molecule has 0 unspecified atom stereocenters. The van der Waals surface area contributed by atoms with Gasteiger partial charge in [-0.2, -0.15) is 0 Å². The van der Waals surface area contributed by atoms with E-state index in [1.807, 2.05) is 0 Å². The summed E-state index contributed by atoms with van der Waals surface area (Å²) in [5.41, 5.74) is 0.0820. The van der Waals surface area contributed by atoms with E-state index in [1.165, 1.54) is 6.33 Å². The number of carbonyl (C=O) groups excluding carboxylic acids is 2. The van der Waals surface area contributed by atoms with Crippen LogP contribution in [0.5, 0.6) is 0 Å². The number of aromatic amines is 1. The van der Waals surface area contributed by atoms with Gasteiger partial charge >= 0.3 is 6.09 Å². The van der Waals surface area contributed by atoms with Crippen LogP contribution in [0.1, 0.15) is 26.5 Å². The van der Waals surface area contributed by atoms with Crippen LogP contribution in [0.2, 0.25) is 0 Å². The van der Waals surface area contributed by atoms with Gasteiger partial charge in [0.25, 0.3) is 0 Å². The number of rotatable bonds is 4. The van der Waals surface area contributed by atoms with Crippen LogP contribution >= 0.6 is 0 Å².